The third-order valence-electron chi connectivity index (χ3n) is 5.01. The first-order valence-corrected chi connectivity index (χ1v) is 12.0. The zero-order valence-electron chi connectivity index (χ0n) is 15.4. The highest BCUT2D eigenvalue weighted by Gasteiger charge is 2.13. The van der Waals surface area contributed by atoms with Crippen molar-refractivity contribution in [3.8, 4) is 0 Å². The van der Waals surface area contributed by atoms with Gasteiger partial charge >= 0.3 is 0 Å². The van der Waals surface area contributed by atoms with Crippen LogP contribution in [0.15, 0.2) is 0 Å². The van der Waals surface area contributed by atoms with Gasteiger partial charge in [0.05, 0.1) is 6.10 Å². The molecule has 0 saturated heterocycles. The van der Waals surface area contributed by atoms with Crippen molar-refractivity contribution in [1.82, 2.24) is 0 Å². The van der Waals surface area contributed by atoms with Gasteiger partial charge in [-0.05, 0) is 44.9 Å². The van der Waals surface area contributed by atoms with Crippen LogP contribution in [0.3, 0.4) is 0 Å². The molecule has 2 radical (unpaired) electrons. The molecular weight excluding hydrogens is 300 g/mol. The smallest absolute Gasteiger partial charge is 0.198 e. The summed E-state index contributed by atoms with van der Waals surface area (Å²) in [4.78, 5) is 11.0. The number of rotatable bonds is 15. The van der Waals surface area contributed by atoms with Crippen LogP contribution in [0.2, 0.25) is 11.6 Å². The maximum absolute atomic E-state index is 11.0. The first-order valence-electron chi connectivity index (χ1n) is 10.2. The molecular formula is C20H38O2Si. The van der Waals surface area contributed by atoms with Crippen molar-refractivity contribution in [2.45, 2.75) is 108 Å². The number of unbranched alkanes of at least 4 members (excludes halogenated alkanes) is 6. The van der Waals surface area contributed by atoms with E-state index in [2.05, 4.69) is 19.6 Å². The molecule has 0 bridgehead atoms. The molecule has 1 saturated carbocycles. The van der Waals surface area contributed by atoms with E-state index >= 15 is 0 Å². The van der Waals surface area contributed by atoms with Crippen LogP contribution in [-0.4, -0.2) is 28.5 Å². The second-order valence-corrected chi connectivity index (χ2v) is 9.43. The second-order valence-electron chi connectivity index (χ2n) is 7.16. The maximum Gasteiger partial charge on any atom is 0.198 e. The largest absolute Gasteiger partial charge is 0.378 e. The average molecular weight is 339 g/mol. The quantitative estimate of drug-likeness (QED) is 0.304. The van der Waals surface area contributed by atoms with Gasteiger partial charge in [-0.25, -0.2) is 0 Å². The standard InChI is InChI=1S/C20H38O2Si/c1-2-3-17-23-20(18-21)15-11-6-4-5-7-12-16-22-19-13-9-8-10-14-19/h8,19-20H,2-7,9-17,23H2,1H3. The molecule has 23 heavy (non-hydrogen) atoms. The van der Waals surface area contributed by atoms with Gasteiger partial charge in [-0.1, -0.05) is 57.9 Å². The molecule has 0 heterocycles. The van der Waals surface area contributed by atoms with Gasteiger partial charge in [0.1, 0.15) is 0 Å². The summed E-state index contributed by atoms with van der Waals surface area (Å²) in [5.41, 5.74) is 0.336. The molecule has 1 aliphatic carbocycles. The lowest BCUT2D eigenvalue weighted by Gasteiger charge is -2.21. The monoisotopic (exact) mass is 338 g/mol. The minimum atomic E-state index is -0.189. The van der Waals surface area contributed by atoms with Gasteiger partial charge in [-0.2, -0.15) is 0 Å². The molecule has 1 fully saturated rings. The Morgan fingerprint density at radius 3 is 2.48 bits per heavy atom. The molecule has 0 N–H and O–H groups in total. The van der Waals surface area contributed by atoms with E-state index in [-0.39, 0.29) is 9.52 Å². The van der Waals surface area contributed by atoms with E-state index in [9.17, 15) is 4.79 Å². The molecule has 0 aromatic heterocycles. The molecule has 1 atom stereocenters. The summed E-state index contributed by atoms with van der Waals surface area (Å²) in [5.74, 6) is 0. The molecule has 0 aromatic carbocycles. The van der Waals surface area contributed by atoms with Gasteiger partial charge in [-0.3, -0.25) is 4.79 Å². The Morgan fingerprint density at radius 2 is 1.78 bits per heavy atom. The van der Waals surface area contributed by atoms with Gasteiger partial charge in [0.2, 0.25) is 0 Å². The zero-order valence-corrected chi connectivity index (χ0v) is 16.8. The van der Waals surface area contributed by atoms with Crippen molar-refractivity contribution in [3.63, 3.8) is 0 Å². The summed E-state index contributed by atoms with van der Waals surface area (Å²) >= 11 is 0. The van der Waals surface area contributed by atoms with Crippen LogP contribution in [-0.2, 0) is 9.53 Å². The number of hydrogen-bond acceptors (Lipinski definition) is 2. The second kappa shape index (κ2) is 15.4. The van der Waals surface area contributed by atoms with Crippen molar-refractivity contribution in [2.24, 2.45) is 0 Å². The fourth-order valence-corrected chi connectivity index (χ4v) is 5.39. The molecule has 0 amide bonds. The Balaban J connectivity index is 1.82. The van der Waals surface area contributed by atoms with Crippen molar-refractivity contribution >= 4 is 15.8 Å². The highest BCUT2D eigenvalue weighted by molar-refractivity contribution is 6.42. The van der Waals surface area contributed by atoms with E-state index in [1.807, 2.05) is 0 Å². The van der Waals surface area contributed by atoms with E-state index in [1.165, 1.54) is 83.1 Å². The Labute approximate surface area is 147 Å². The van der Waals surface area contributed by atoms with Crippen molar-refractivity contribution in [1.29, 1.82) is 0 Å². The molecule has 134 valence electrons. The third kappa shape index (κ3) is 11.9. The van der Waals surface area contributed by atoms with Crippen LogP contribution in [0.1, 0.15) is 90.4 Å². The molecule has 1 rings (SSSR count). The lowest BCUT2D eigenvalue weighted by atomic mass is 9.98. The van der Waals surface area contributed by atoms with Crippen molar-refractivity contribution in [2.75, 3.05) is 6.61 Å². The van der Waals surface area contributed by atoms with Crippen LogP contribution in [0.4, 0.5) is 0 Å². The minimum Gasteiger partial charge on any atom is -0.378 e. The predicted molar refractivity (Wildman–Crippen MR) is 103 cm³/mol. The molecule has 3 heteroatoms. The number of ether oxygens (including phenoxy) is 1. The zero-order chi connectivity index (χ0) is 16.6. The van der Waals surface area contributed by atoms with Crippen LogP contribution < -0.4 is 0 Å². The summed E-state index contributed by atoms with van der Waals surface area (Å²) in [6.07, 6.45) is 21.5. The predicted octanol–water partition coefficient (Wildman–Crippen LogP) is 5.17. The minimum absolute atomic E-state index is 0.189. The van der Waals surface area contributed by atoms with Gasteiger partial charge in [0, 0.05) is 21.7 Å². The topological polar surface area (TPSA) is 26.3 Å². The van der Waals surface area contributed by atoms with E-state index in [0.29, 0.717) is 11.6 Å². The average Bonchev–Trinajstić information content (AvgIpc) is 2.59. The summed E-state index contributed by atoms with van der Waals surface area (Å²) in [5, 5.41) is 0. The van der Waals surface area contributed by atoms with E-state index in [0.717, 1.165) is 13.0 Å². The van der Waals surface area contributed by atoms with E-state index < -0.39 is 0 Å². The fourth-order valence-electron chi connectivity index (χ4n) is 3.42. The van der Waals surface area contributed by atoms with Crippen LogP contribution in [0, 0.1) is 6.42 Å². The summed E-state index contributed by atoms with van der Waals surface area (Å²) < 4.78 is 5.94. The molecule has 2 nitrogen and oxygen atoms in total. The normalized spacial score (nSPS) is 17.8. The Bertz CT molecular complexity index is 264. The fraction of sp³-hybridized carbons (Fsp3) is 0.900. The van der Waals surface area contributed by atoms with Crippen molar-refractivity contribution in [3.05, 3.63) is 6.42 Å². The maximum atomic E-state index is 11.0. The molecule has 0 aromatic rings. The van der Waals surface area contributed by atoms with E-state index in [1.54, 1.807) is 0 Å². The third-order valence-corrected chi connectivity index (χ3v) is 7.19. The molecule has 0 spiro atoms. The number of hydrogen-bond donors (Lipinski definition) is 0. The Kier molecular flexibility index (Phi) is 14.0. The number of carbonyl (C=O) groups excluding carboxylic acids is 1. The van der Waals surface area contributed by atoms with Crippen LogP contribution in [0.5, 0.6) is 0 Å². The van der Waals surface area contributed by atoms with Crippen molar-refractivity contribution < 1.29 is 9.53 Å². The Morgan fingerprint density at radius 1 is 1.09 bits per heavy atom. The lowest BCUT2D eigenvalue weighted by Crippen LogP contribution is -2.17. The van der Waals surface area contributed by atoms with Crippen LogP contribution >= 0.6 is 0 Å². The van der Waals surface area contributed by atoms with Gasteiger partial charge in [0.15, 0.2) is 6.29 Å². The van der Waals surface area contributed by atoms with Gasteiger partial charge < -0.3 is 4.74 Å². The molecule has 1 unspecified atom stereocenters. The highest BCUT2D eigenvalue weighted by Crippen LogP contribution is 2.20. The molecule has 0 aliphatic heterocycles. The lowest BCUT2D eigenvalue weighted by molar-refractivity contribution is 0.0326. The summed E-state index contributed by atoms with van der Waals surface area (Å²) in [7, 11) is -0.189. The first-order chi connectivity index (χ1) is 11.4. The SMILES string of the molecule is CCCC[SiH2]C([C]=O)CCCCCCCCOC1CC[CH]CC1. The van der Waals surface area contributed by atoms with E-state index in [4.69, 9.17) is 4.74 Å². The summed E-state index contributed by atoms with van der Waals surface area (Å²) in [6, 6.07) is 1.33. The van der Waals surface area contributed by atoms with Crippen LogP contribution in [0.25, 0.3) is 0 Å². The Hall–Kier alpha value is -0.153. The first kappa shape index (κ1) is 20.9. The molecule has 1 aliphatic rings. The summed E-state index contributed by atoms with van der Waals surface area (Å²) in [6.45, 7) is 3.18. The van der Waals surface area contributed by atoms with Gasteiger partial charge in [0.25, 0.3) is 0 Å². The van der Waals surface area contributed by atoms with Gasteiger partial charge in [-0.15, -0.1) is 0 Å². The highest BCUT2D eigenvalue weighted by atomic mass is 28.2.